The summed E-state index contributed by atoms with van der Waals surface area (Å²) in [5, 5.41) is 9.95. The Bertz CT molecular complexity index is 598. The standard InChI is InChI=1S/C17H21N3/c1-14(2)12-20(10-4-8-18)13-15-6-7-17-16(11-15)5-3-9-19-17/h3,5-7,9,11,14H,4,10,12-13H2,1-2H3. The highest BCUT2D eigenvalue weighted by Crippen LogP contribution is 2.15. The van der Waals surface area contributed by atoms with Gasteiger partial charge in [-0.3, -0.25) is 9.88 Å². The van der Waals surface area contributed by atoms with E-state index in [1.165, 1.54) is 10.9 Å². The van der Waals surface area contributed by atoms with E-state index in [9.17, 15) is 0 Å². The Morgan fingerprint density at radius 1 is 1.30 bits per heavy atom. The molecule has 3 nitrogen and oxygen atoms in total. The van der Waals surface area contributed by atoms with Gasteiger partial charge >= 0.3 is 0 Å². The van der Waals surface area contributed by atoms with Crippen LogP contribution in [0.3, 0.4) is 0 Å². The molecule has 0 bridgehead atoms. The largest absolute Gasteiger partial charge is 0.298 e. The quantitative estimate of drug-likeness (QED) is 0.802. The monoisotopic (exact) mass is 267 g/mol. The summed E-state index contributed by atoms with van der Waals surface area (Å²) in [6.45, 7) is 7.17. The molecule has 0 unspecified atom stereocenters. The van der Waals surface area contributed by atoms with E-state index in [4.69, 9.17) is 5.26 Å². The first kappa shape index (κ1) is 14.5. The van der Waals surface area contributed by atoms with Crippen LogP contribution in [0.5, 0.6) is 0 Å². The van der Waals surface area contributed by atoms with Gasteiger partial charge < -0.3 is 0 Å². The molecular formula is C17H21N3. The SMILES string of the molecule is CC(C)CN(CCC#N)Cc1ccc2ncccc2c1. The molecule has 0 saturated heterocycles. The topological polar surface area (TPSA) is 39.9 Å². The second kappa shape index (κ2) is 7.02. The van der Waals surface area contributed by atoms with Gasteiger partial charge in [-0.25, -0.2) is 0 Å². The number of pyridine rings is 1. The zero-order valence-electron chi connectivity index (χ0n) is 12.2. The molecule has 3 heteroatoms. The van der Waals surface area contributed by atoms with Crippen molar-refractivity contribution in [1.29, 1.82) is 5.26 Å². The Hall–Kier alpha value is -1.92. The number of nitrogens with zero attached hydrogens (tertiary/aromatic N) is 3. The van der Waals surface area contributed by atoms with Crippen LogP contribution in [0.25, 0.3) is 10.9 Å². The van der Waals surface area contributed by atoms with Gasteiger partial charge in [0.05, 0.1) is 11.6 Å². The molecule has 0 amide bonds. The van der Waals surface area contributed by atoms with Crippen molar-refractivity contribution in [3.8, 4) is 6.07 Å². The zero-order valence-corrected chi connectivity index (χ0v) is 12.2. The molecule has 1 heterocycles. The van der Waals surface area contributed by atoms with E-state index in [0.29, 0.717) is 12.3 Å². The van der Waals surface area contributed by atoms with E-state index in [0.717, 1.165) is 25.2 Å². The van der Waals surface area contributed by atoms with Crippen molar-refractivity contribution in [3.63, 3.8) is 0 Å². The van der Waals surface area contributed by atoms with Crippen molar-refractivity contribution in [2.45, 2.75) is 26.8 Å². The maximum absolute atomic E-state index is 8.77. The fourth-order valence-electron chi connectivity index (χ4n) is 2.44. The highest BCUT2D eigenvalue weighted by Gasteiger charge is 2.08. The number of fused-ring (bicyclic) bond motifs is 1. The number of hydrogen-bond donors (Lipinski definition) is 0. The summed E-state index contributed by atoms with van der Waals surface area (Å²) < 4.78 is 0. The normalized spacial score (nSPS) is 11.2. The highest BCUT2D eigenvalue weighted by molar-refractivity contribution is 5.78. The Morgan fingerprint density at radius 3 is 2.90 bits per heavy atom. The van der Waals surface area contributed by atoms with Crippen LogP contribution < -0.4 is 0 Å². The van der Waals surface area contributed by atoms with Crippen molar-refractivity contribution in [2.75, 3.05) is 13.1 Å². The van der Waals surface area contributed by atoms with E-state index in [2.05, 4.69) is 54.1 Å². The van der Waals surface area contributed by atoms with Crippen LogP contribution in [0.1, 0.15) is 25.8 Å². The summed E-state index contributed by atoms with van der Waals surface area (Å²) in [7, 11) is 0. The van der Waals surface area contributed by atoms with Crippen molar-refractivity contribution in [3.05, 3.63) is 42.1 Å². The Morgan fingerprint density at radius 2 is 2.15 bits per heavy atom. The van der Waals surface area contributed by atoms with Gasteiger partial charge in [0.2, 0.25) is 0 Å². The van der Waals surface area contributed by atoms with Crippen LogP contribution in [0.2, 0.25) is 0 Å². The Kier molecular flexibility index (Phi) is 5.09. The molecule has 0 spiro atoms. The summed E-state index contributed by atoms with van der Waals surface area (Å²) in [6.07, 6.45) is 2.40. The predicted molar refractivity (Wildman–Crippen MR) is 82.1 cm³/mol. The lowest BCUT2D eigenvalue weighted by molar-refractivity contribution is 0.241. The molecule has 0 saturated carbocycles. The molecule has 2 rings (SSSR count). The smallest absolute Gasteiger partial charge is 0.0702 e. The summed E-state index contributed by atoms with van der Waals surface area (Å²) in [6, 6.07) is 12.7. The third-order valence-electron chi connectivity index (χ3n) is 3.24. The first-order chi connectivity index (χ1) is 9.69. The van der Waals surface area contributed by atoms with Gasteiger partial charge in [-0.05, 0) is 29.7 Å². The van der Waals surface area contributed by atoms with Gasteiger partial charge in [0.25, 0.3) is 0 Å². The molecule has 0 fully saturated rings. The lowest BCUT2D eigenvalue weighted by Crippen LogP contribution is -2.28. The van der Waals surface area contributed by atoms with Crippen LogP contribution in [-0.4, -0.2) is 23.0 Å². The summed E-state index contributed by atoms with van der Waals surface area (Å²) in [5.74, 6) is 0.607. The highest BCUT2D eigenvalue weighted by atomic mass is 15.1. The molecule has 0 aliphatic heterocycles. The maximum atomic E-state index is 8.77. The van der Waals surface area contributed by atoms with Gasteiger partial charge in [-0.2, -0.15) is 5.26 Å². The molecule has 1 aromatic heterocycles. The van der Waals surface area contributed by atoms with Crippen LogP contribution in [0, 0.1) is 17.2 Å². The van der Waals surface area contributed by atoms with Gasteiger partial charge in [-0.15, -0.1) is 0 Å². The lowest BCUT2D eigenvalue weighted by atomic mass is 10.1. The third kappa shape index (κ3) is 4.04. The van der Waals surface area contributed by atoms with Crippen LogP contribution in [0.4, 0.5) is 0 Å². The minimum absolute atomic E-state index is 0.585. The van der Waals surface area contributed by atoms with Gasteiger partial charge in [0.15, 0.2) is 0 Å². The number of rotatable bonds is 6. The van der Waals surface area contributed by atoms with Crippen LogP contribution >= 0.6 is 0 Å². The average Bonchev–Trinajstić information content (AvgIpc) is 2.44. The fourth-order valence-corrected chi connectivity index (χ4v) is 2.44. The Labute approximate surface area is 120 Å². The average molecular weight is 267 g/mol. The number of benzene rings is 1. The van der Waals surface area contributed by atoms with Crippen molar-refractivity contribution >= 4 is 10.9 Å². The van der Waals surface area contributed by atoms with E-state index < -0.39 is 0 Å². The molecule has 0 N–H and O–H groups in total. The van der Waals surface area contributed by atoms with Crippen LogP contribution in [0.15, 0.2) is 36.5 Å². The van der Waals surface area contributed by atoms with Gasteiger partial charge in [0.1, 0.15) is 0 Å². The van der Waals surface area contributed by atoms with Gasteiger partial charge in [0, 0.05) is 37.6 Å². The fraction of sp³-hybridized carbons (Fsp3) is 0.412. The Balaban J connectivity index is 2.12. The summed E-state index contributed by atoms with van der Waals surface area (Å²) in [5.41, 5.74) is 2.31. The number of nitriles is 1. The molecule has 1 aromatic carbocycles. The molecule has 0 aliphatic rings. The lowest BCUT2D eigenvalue weighted by Gasteiger charge is -2.23. The number of aromatic nitrogens is 1. The predicted octanol–water partition coefficient (Wildman–Crippen LogP) is 3.61. The van der Waals surface area contributed by atoms with Crippen molar-refractivity contribution < 1.29 is 0 Å². The van der Waals surface area contributed by atoms with E-state index in [-0.39, 0.29) is 0 Å². The maximum Gasteiger partial charge on any atom is 0.0702 e. The van der Waals surface area contributed by atoms with E-state index in [1.807, 2.05) is 12.3 Å². The van der Waals surface area contributed by atoms with Crippen molar-refractivity contribution in [1.82, 2.24) is 9.88 Å². The third-order valence-corrected chi connectivity index (χ3v) is 3.24. The van der Waals surface area contributed by atoms with E-state index >= 15 is 0 Å². The molecular weight excluding hydrogens is 246 g/mol. The van der Waals surface area contributed by atoms with Crippen molar-refractivity contribution in [2.24, 2.45) is 5.92 Å². The summed E-state index contributed by atoms with van der Waals surface area (Å²) >= 11 is 0. The minimum Gasteiger partial charge on any atom is -0.298 e. The summed E-state index contributed by atoms with van der Waals surface area (Å²) in [4.78, 5) is 6.70. The van der Waals surface area contributed by atoms with Gasteiger partial charge in [-0.1, -0.05) is 26.0 Å². The second-order valence-corrected chi connectivity index (χ2v) is 5.57. The van der Waals surface area contributed by atoms with E-state index in [1.54, 1.807) is 0 Å². The molecule has 104 valence electrons. The molecule has 0 atom stereocenters. The molecule has 20 heavy (non-hydrogen) atoms. The number of hydrogen-bond acceptors (Lipinski definition) is 3. The molecule has 2 aromatic rings. The molecule has 0 aliphatic carbocycles. The zero-order chi connectivity index (χ0) is 14.4. The van der Waals surface area contributed by atoms with Crippen LogP contribution in [-0.2, 0) is 6.54 Å². The minimum atomic E-state index is 0.585. The second-order valence-electron chi connectivity index (χ2n) is 5.57. The first-order valence-electron chi connectivity index (χ1n) is 7.12. The first-order valence-corrected chi connectivity index (χ1v) is 7.12. The molecule has 0 radical (unpaired) electrons.